The summed E-state index contributed by atoms with van der Waals surface area (Å²) in [5.41, 5.74) is 1.30. The first-order valence-electron chi connectivity index (χ1n) is 9.62. The fourth-order valence-corrected chi connectivity index (χ4v) is 4.39. The molecule has 0 amide bonds. The van der Waals surface area contributed by atoms with Crippen LogP contribution < -0.4 is 0 Å². The molecule has 0 aromatic carbocycles. The van der Waals surface area contributed by atoms with Gasteiger partial charge in [0.25, 0.3) is 0 Å². The van der Waals surface area contributed by atoms with E-state index in [1.54, 1.807) is 17.4 Å². The molecule has 150 valence electrons. The molecule has 1 aliphatic carbocycles. The van der Waals surface area contributed by atoms with Gasteiger partial charge in [0.15, 0.2) is 0 Å². The molecule has 5 nitrogen and oxygen atoms in total. The summed E-state index contributed by atoms with van der Waals surface area (Å²) in [5, 5.41) is 43.8. The van der Waals surface area contributed by atoms with Gasteiger partial charge >= 0.3 is 5.97 Å². The molecule has 1 fully saturated rings. The molecular weight excluding hydrogens is 364 g/mol. The highest BCUT2D eigenvalue weighted by atomic mass is 32.1. The van der Waals surface area contributed by atoms with Crippen LogP contribution in [0.5, 0.6) is 0 Å². The van der Waals surface area contributed by atoms with Crippen LogP contribution in [-0.2, 0) is 11.2 Å². The highest BCUT2D eigenvalue weighted by Crippen LogP contribution is 2.39. The van der Waals surface area contributed by atoms with E-state index < -0.39 is 24.1 Å². The van der Waals surface area contributed by atoms with Gasteiger partial charge in [-0.2, -0.15) is 11.3 Å². The summed E-state index contributed by atoms with van der Waals surface area (Å²) in [5.74, 6) is -1.28. The molecule has 1 heterocycles. The number of carboxylic acids is 1. The van der Waals surface area contributed by atoms with Crippen molar-refractivity contribution >= 4 is 17.3 Å². The number of hydrogen-bond donors (Lipinski definition) is 4. The van der Waals surface area contributed by atoms with Crippen LogP contribution in [0.1, 0.15) is 50.5 Å². The van der Waals surface area contributed by atoms with Crippen LogP contribution in [-0.4, -0.2) is 38.6 Å². The maximum atomic E-state index is 10.5. The molecule has 2 unspecified atom stereocenters. The lowest BCUT2D eigenvalue weighted by Crippen LogP contribution is -2.23. The number of carbonyl (C=O) groups is 1. The Balaban J connectivity index is 1.82. The molecule has 1 saturated carbocycles. The molecule has 0 aliphatic heterocycles. The highest BCUT2D eigenvalue weighted by Gasteiger charge is 2.43. The minimum Gasteiger partial charge on any atom is -0.512 e. The number of aliphatic hydroxyl groups is 3. The monoisotopic (exact) mass is 394 g/mol. The second-order valence-corrected chi connectivity index (χ2v) is 7.99. The minimum atomic E-state index is -0.799. The third-order valence-corrected chi connectivity index (χ3v) is 5.87. The van der Waals surface area contributed by atoms with Crippen LogP contribution in [0.3, 0.4) is 0 Å². The molecule has 2 rings (SSSR count). The van der Waals surface area contributed by atoms with Crippen molar-refractivity contribution in [1.29, 1.82) is 0 Å². The van der Waals surface area contributed by atoms with Gasteiger partial charge in [-0.05, 0) is 67.0 Å². The van der Waals surface area contributed by atoms with Gasteiger partial charge in [-0.15, -0.1) is 0 Å². The number of rotatable bonds is 11. The molecule has 27 heavy (non-hydrogen) atoms. The molecule has 1 aromatic rings. The predicted octanol–water partition coefficient (Wildman–Crippen LogP) is 4.07. The Morgan fingerprint density at radius 2 is 1.96 bits per heavy atom. The zero-order chi connectivity index (χ0) is 19.6. The summed E-state index contributed by atoms with van der Waals surface area (Å²) in [6, 6.07) is 2.10. The number of thiophene rings is 1. The van der Waals surface area contributed by atoms with E-state index in [0.29, 0.717) is 19.3 Å². The Bertz CT molecular complexity index is 623. The van der Waals surface area contributed by atoms with E-state index in [-0.39, 0.29) is 24.5 Å². The Kier molecular flexibility index (Phi) is 9.04. The second kappa shape index (κ2) is 11.3. The molecule has 4 atom stereocenters. The second-order valence-electron chi connectivity index (χ2n) is 7.21. The quantitative estimate of drug-likeness (QED) is 0.258. The van der Waals surface area contributed by atoms with Gasteiger partial charge in [0.1, 0.15) is 0 Å². The van der Waals surface area contributed by atoms with Gasteiger partial charge in [0.05, 0.1) is 18.0 Å². The summed E-state index contributed by atoms with van der Waals surface area (Å²) >= 11 is 1.68. The van der Waals surface area contributed by atoms with Crippen molar-refractivity contribution in [3.05, 3.63) is 46.4 Å². The van der Waals surface area contributed by atoms with E-state index >= 15 is 0 Å². The van der Waals surface area contributed by atoms with Crippen LogP contribution >= 0.6 is 11.3 Å². The predicted molar refractivity (Wildman–Crippen MR) is 107 cm³/mol. The first kappa shape index (κ1) is 21.7. The third kappa shape index (κ3) is 7.13. The van der Waals surface area contributed by atoms with Crippen molar-refractivity contribution in [3.8, 4) is 0 Å². The van der Waals surface area contributed by atoms with Crippen molar-refractivity contribution < 1.29 is 25.2 Å². The molecule has 0 bridgehead atoms. The van der Waals surface area contributed by atoms with Crippen LogP contribution in [0, 0.1) is 11.8 Å². The highest BCUT2D eigenvalue weighted by molar-refractivity contribution is 7.07. The lowest BCUT2D eigenvalue weighted by molar-refractivity contribution is -0.137. The molecule has 0 spiro atoms. The Labute approximate surface area is 164 Å². The van der Waals surface area contributed by atoms with Crippen molar-refractivity contribution in [2.75, 3.05) is 0 Å². The largest absolute Gasteiger partial charge is 0.512 e. The number of aliphatic hydroxyl groups excluding tert-OH is 3. The molecular formula is C21H30O5S. The molecule has 0 saturated heterocycles. The van der Waals surface area contributed by atoms with Gasteiger partial charge in [0, 0.05) is 24.7 Å². The summed E-state index contributed by atoms with van der Waals surface area (Å²) in [6.07, 6.45) is 9.10. The Morgan fingerprint density at radius 1 is 1.15 bits per heavy atom. The smallest absolute Gasteiger partial charge is 0.303 e. The SMILES string of the molecule is O=C(O)CCC/C=C\CC1C(/C(O)=C\CCCc2ccsc2)[C@@H](O)C[C@@H]1O. The summed E-state index contributed by atoms with van der Waals surface area (Å²) in [7, 11) is 0. The van der Waals surface area contributed by atoms with Crippen LogP contribution in [0.2, 0.25) is 0 Å². The molecule has 1 aromatic heterocycles. The fraction of sp³-hybridized carbons (Fsp3) is 0.571. The van der Waals surface area contributed by atoms with Crippen LogP contribution in [0.4, 0.5) is 0 Å². The number of unbranched alkanes of at least 4 members (excludes halogenated alkanes) is 2. The van der Waals surface area contributed by atoms with Crippen molar-refractivity contribution in [2.24, 2.45) is 11.8 Å². The first-order chi connectivity index (χ1) is 13.0. The average molecular weight is 395 g/mol. The summed E-state index contributed by atoms with van der Waals surface area (Å²) in [6.45, 7) is 0. The normalized spacial score (nSPS) is 26.1. The van der Waals surface area contributed by atoms with Gasteiger partial charge in [-0.25, -0.2) is 0 Å². The average Bonchev–Trinajstić information content (AvgIpc) is 3.22. The van der Waals surface area contributed by atoms with Crippen molar-refractivity contribution in [1.82, 2.24) is 0 Å². The molecule has 1 aliphatic rings. The van der Waals surface area contributed by atoms with Crippen LogP contribution in [0.25, 0.3) is 0 Å². The molecule has 6 heteroatoms. The zero-order valence-corrected chi connectivity index (χ0v) is 16.4. The molecule has 0 radical (unpaired) electrons. The Morgan fingerprint density at radius 3 is 2.67 bits per heavy atom. The van der Waals surface area contributed by atoms with E-state index in [0.717, 1.165) is 19.3 Å². The third-order valence-electron chi connectivity index (χ3n) is 5.13. The van der Waals surface area contributed by atoms with Gasteiger partial charge in [-0.1, -0.05) is 12.2 Å². The maximum Gasteiger partial charge on any atom is 0.303 e. The number of aryl methyl sites for hydroxylation is 1. The minimum absolute atomic E-state index is 0.145. The summed E-state index contributed by atoms with van der Waals surface area (Å²) in [4.78, 5) is 10.5. The number of allylic oxidation sites excluding steroid dienone is 3. The van der Waals surface area contributed by atoms with Crippen molar-refractivity contribution in [3.63, 3.8) is 0 Å². The lowest BCUT2D eigenvalue weighted by atomic mass is 9.88. The van der Waals surface area contributed by atoms with E-state index in [1.165, 1.54) is 5.56 Å². The van der Waals surface area contributed by atoms with Gasteiger partial charge in [-0.3, -0.25) is 4.79 Å². The number of carboxylic acid groups (broad SMARTS) is 1. The van der Waals surface area contributed by atoms with Gasteiger partial charge in [0.2, 0.25) is 0 Å². The van der Waals surface area contributed by atoms with E-state index in [9.17, 15) is 20.1 Å². The van der Waals surface area contributed by atoms with E-state index in [4.69, 9.17) is 5.11 Å². The first-order valence-corrected chi connectivity index (χ1v) is 10.6. The number of hydrogen-bond acceptors (Lipinski definition) is 5. The standard InChI is InChI=1S/C21H30O5S/c22-17(9-6-5-7-15-11-12-27-14-15)21-16(18(23)13-19(21)24)8-3-1-2-4-10-20(25)26/h1,3,9,11-12,14,16,18-19,21-24H,2,4-8,10,13H2,(H,25,26)/b3-1-,17-9+/t16?,18-,19-,21?/m0/s1. The van der Waals surface area contributed by atoms with Crippen molar-refractivity contribution in [2.45, 2.75) is 63.6 Å². The van der Waals surface area contributed by atoms with E-state index in [2.05, 4.69) is 16.8 Å². The maximum absolute atomic E-state index is 10.5. The molecule has 4 N–H and O–H groups in total. The Hall–Kier alpha value is -1.63. The topological polar surface area (TPSA) is 98.0 Å². The zero-order valence-electron chi connectivity index (χ0n) is 15.5. The van der Waals surface area contributed by atoms with E-state index in [1.807, 2.05) is 12.2 Å². The fourth-order valence-electron chi connectivity index (χ4n) is 3.68. The van der Waals surface area contributed by atoms with Gasteiger partial charge < -0.3 is 20.4 Å². The lowest BCUT2D eigenvalue weighted by Gasteiger charge is -2.22. The summed E-state index contributed by atoms with van der Waals surface area (Å²) < 4.78 is 0. The van der Waals surface area contributed by atoms with Crippen LogP contribution in [0.15, 0.2) is 40.8 Å². The number of aliphatic carboxylic acids is 1.